The van der Waals surface area contributed by atoms with E-state index in [9.17, 15) is 9.90 Å². The van der Waals surface area contributed by atoms with Crippen molar-refractivity contribution in [2.75, 3.05) is 50.8 Å². The summed E-state index contributed by atoms with van der Waals surface area (Å²) in [5.41, 5.74) is 1.65. The van der Waals surface area contributed by atoms with E-state index in [0.29, 0.717) is 24.0 Å². The average Bonchev–Trinajstić information content (AvgIpc) is 3.40. The maximum Gasteiger partial charge on any atom is 0.409 e. The van der Waals surface area contributed by atoms with Crippen LogP contribution in [0.3, 0.4) is 0 Å². The summed E-state index contributed by atoms with van der Waals surface area (Å²) in [4.78, 5) is 23.7. The Morgan fingerprint density at radius 3 is 2.74 bits per heavy atom. The molecule has 3 heterocycles. The first-order chi connectivity index (χ1) is 15.1. The minimum absolute atomic E-state index is 0.147. The molecule has 170 valence electrons. The Labute approximate surface area is 185 Å². The molecule has 1 aromatic rings. The molecule has 1 spiro atoms. The van der Waals surface area contributed by atoms with Gasteiger partial charge in [-0.25, -0.2) is 9.78 Å². The van der Waals surface area contributed by atoms with Gasteiger partial charge in [-0.1, -0.05) is 6.07 Å². The van der Waals surface area contributed by atoms with E-state index in [-0.39, 0.29) is 12.2 Å². The van der Waals surface area contributed by atoms with Gasteiger partial charge in [-0.3, -0.25) is 4.90 Å². The van der Waals surface area contributed by atoms with Gasteiger partial charge in [-0.05, 0) is 63.0 Å². The number of likely N-dealkylation sites (tertiary alicyclic amines) is 1. The topological polar surface area (TPSA) is 69.1 Å². The Hall–Kier alpha value is -1.86. The summed E-state index contributed by atoms with van der Waals surface area (Å²) >= 11 is 0. The molecule has 0 radical (unpaired) electrons. The van der Waals surface area contributed by atoms with Gasteiger partial charge in [0, 0.05) is 56.9 Å². The van der Waals surface area contributed by atoms with Gasteiger partial charge in [0.1, 0.15) is 5.82 Å². The van der Waals surface area contributed by atoms with Crippen molar-refractivity contribution in [2.45, 2.75) is 63.5 Å². The van der Waals surface area contributed by atoms with Crippen molar-refractivity contribution < 1.29 is 14.6 Å². The van der Waals surface area contributed by atoms with E-state index in [1.54, 1.807) is 0 Å². The molecule has 1 N–H and O–H groups in total. The van der Waals surface area contributed by atoms with Gasteiger partial charge in [0.25, 0.3) is 0 Å². The number of aromatic nitrogens is 1. The third-order valence-electron chi connectivity index (χ3n) is 8.05. The molecule has 0 aromatic carbocycles. The molecule has 4 aliphatic rings. The van der Waals surface area contributed by atoms with Crippen LogP contribution in [0.15, 0.2) is 18.3 Å². The number of pyridine rings is 1. The first-order valence-electron chi connectivity index (χ1n) is 12.1. The zero-order chi connectivity index (χ0) is 21.4. The zero-order valence-electron chi connectivity index (χ0n) is 18.7. The van der Waals surface area contributed by atoms with Crippen LogP contribution in [0.5, 0.6) is 0 Å². The van der Waals surface area contributed by atoms with Gasteiger partial charge in [-0.15, -0.1) is 0 Å². The molecule has 31 heavy (non-hydrogen) atoms. The number of hydrogen-bond acceptors (Lipinski definition) is 6. The van der Waals surface area contributed by atoms with Crippen LogP contribution in [0.4, 0.5) is 10.6 Å². The molecule has 7 nitrogen and oxygen atoms in total. The third-order valence-corrected chi connectivity index (χ3v) is 8.05. The quantitative estimate of drug-likeness (QED) is 0.795. The summed E-state index contributed by atoms with van der Waals surface area (Å²) in [6, 6.07) is 4.89. The highest BCUT2D eigenvalue weighted by Gasteiger charge is 2.51. The highest BCUT2D eigenvalue weighted by atomic mass is 16.6. The highest BCUT2D eigenvalue weighted by molar-refractivity contribution is 5.69. The van der Waals surface area contributed by atoms with Crippen LogP contribution in [0, 0.1) is 5.41 Å². The molecular formula is C24H36N4O3. The molecule has 4 fully saturated rings. The van der Waals surface area contributed by atoms with Crippen LogP contribution >= 0.6 is 0 Å². The van der Waals surface area contributed by atoms with E-state index in [1.807, 2.05) is 24.1 Å². The second-order valence-electron chi connectivity index (χ2n) is 10.1. The number of ether oxygens (including phenoxy) is 1. The molecule has 2 saturated heterocycles. The fraction of sp³-hybridized carbons (Fsp3) is 0.750. The second-order valence-corrected chi connectivity index (χ2v) is 10.1. The number of carbonyl (C=O) groups excluding carboxylic acids is 1. The first-order valence-corrected chi connectivity index (χ1v) is 12.1. The Morgan fingerprint density at radius 2 is 2.03 bits per heavy atom. The fourth-order valence-corrected chi connectivity index (χ4v) is 6.41. The van der Waals surface area contributed by atoms with Crippen molar-refractivity contribution in [1.82, 2.24) is 14.8 Å². The van der Waals surface area contributed by atoms with Gasteiger partial charge in [-0.2, -0.15) is 0 Å². The van der Waals surface area contributed by atoms with Crippen molar-refractivity contribution in [3.05, 3.63) is 23.9 Å². The van der Waals surface area contributed by atoms with E-state index in [1.165, 1.54) is 24.8 Å². The Morgan fingerprint density at radius 1 is 1.23 bits per heavy atom. The van der Waals surface area contributed by atoms with E-state index >= 15 is 0 Å². The van der Waals surface area contributed by atoms with Crippen LogP contribution in [-0.4, -0.2) is 84.0 Å². The van der Waals surface area contributed by atoms with Gasteiger partial charge >= 0.3 is 6.09 Å². The number of hydrogen-bond donors (Lipinski definition) is 1. The summed E-state index contributed by atoms with van der Waals surface area (Å²) in [6.07, 6.45) is 8.11. The number of aliphatic hydroxyl groups excluding tert-OH is 1. The third kappa shape index (κ3) is 4.14. The predicted molar refractivity (Wildman–Crippen MR) is 119 cm³/mol. The van der Waals surface area contributed by atoms with Gasteiger partial charge in [0.2, 0.25) is 0 Å². The van der Waals surface area contributed by atoms with Gasteiger partial charge < -0.3 is 19.6 Å². The molecule has 1 aromatic heterocycles. The van der Waals surface area contributed by atoms with E-state index in [4.69, 9.17) is 9.72 Å². The van der Waals surface area contributed by atoms with E-state index in [2.05, 4.69) is 15.9 Å². The SMILES string of the molecule is CCOC(=O)N1CC2(CC[C@@H](N3CCN(c4ncccc4C4CCC(O)C4)CC3)C2)C1. The molecule has 2 unspecified atom stereocenters. The summed E-state index contributed by atoms with van der Waals surface area (Å²) in [5, 5.41) is 9.99. The highest BCUT2D eigenvalue weighted by Crippen LogP contribution is 2.47. The zero-order valence-corrected chi connectivity index (χ0v) is 18.7. The number of rotatable bonds is 4. The Bertz CT molecular complexity index is 789. The van der Waals surface area contributed by atoms with Crippen molar-refractivity contribution in [2.24, 2.45) is 5.41 Å². The molecule has 1 amide bonds. The summed E-state index contributed by atoms with van der Waals surface area (Å²) < 4.78 is 5.15. The number of carbonyl (C=O) groups is 1. The molecule has 0 bridgehead atoms. The van der Waals surface area contributed by atoms with Gasteiger partial charge in [0.05, 0.1) is 12.7 Å². The lowest BCUT2D eigenvalue weighted by molar-refractivity contribution is -0.00294. The molecule has 5 rings (SSSR count). The first kappa shape index (κ1) is 21.0. The van der Waals surface area contributed by atoms with Crippen molar-refractivity contribution in [3.8, 4) is 0 Å². The molecule has 2 aliphatic carbocycles. The fourth-order valence-electron chi connectivity index (χ4n) is 6.41. The largest absolute Gasteiger partial charge is 0.450 e. The van der Waals surface area contributed by atoms with Crippen molar-refractivity contribution in [3.63, 3.8) is 0 Å². The Balaban J connectivity index is 1.15. The van der Waals surface area contributed by atoms with Crippen LogP contribution < -0.4 is 4.90 Å². The molecule has 2 aliphatic heterocycles. The number of aliphatic hydroxyl groups is 1. The summed E-state index contributed by atoms with van der Waals surface area (Å²) in [7, 11) is 0. The molecule has 3 atom stereocenters. The molecular weight excluding hydrogens is 392 g/mol. The normalized spacial score (nSPS) is 30.6. The number of anilines is 1. The van der Waals surface area contributed by atoms with E-state index < -0.39 is 0 Å². The van der Waals surface area contributed by atoms with Crippen LogP contribution in [0.1, 0.15) is 56.9 Å². The smallest absolute Gasteiger partial charge is 0.409 e. The van der Waals surface area contributed by atoms with Gasteiger partial charge in [0.15, 0.2) is 0 Å². The predicted octanol–water partition coefficient (Wildman–Crippen LogP) is 2.84. The minimum Gasteiger partial charge on any atom is -0.450 e. The number of piperazine rings is 1. The van der Waals surface area contributed by atoms with Crippen LogP contribution in [-0.2, 0) is 4.74 Å². The molecule has 2 saturated carbocycles. The lowest BCUT2D eigenvalue weighted by atomic mass is 9.78. The average molecular weight is 429 g/mol. The minimum atomic E-state index is -0.157. The summed E-state index contributed by atoms with van der Waals surface area (Å²) in [6.45, 7) is 8.23. The standard InChI is InChI=1S/C24H36N4O3/c1-2-31-23(30)28-16-24(17-28)8-7-19(15-24)26-10-12-27(13-11-26)22-21(4-3-9-25-22)18-5-6-20(29)14-18/h3-4,9,18-20,29H,2,5-8,10-17H2,1H3/t18?,19-,20?/m1/s1. The second kappa shape index (κ2) is 8.58. The number of amides is 1. The van der Waals surface area contributed by atoms with Crippen molar-refractivity contribution >= 4 is 11.9 Å². The van der Waals surface area contributed by atoms with E-state index in [0.717, 1.165) is 64.3 Å². The number of nitrogens with zero attached hydrogens (tertiary/aromatic N) is 4. The lowest BCUT2D eigenvalue weighted by Gasteiger charge is -2.48. The van der Waals surface area contributed by atoms with Crippen molar-refractivity contribution in [1.29, 1.82) is 0 Å². The summed E-state index contributed by atoms with van der Waals surface area (Å²) in [5.74, 6) is 1.57. The lowest BCUT2D eigenvalue weighted by Crippen LogP contribution is -2.58. The Kier molecular flexibility index (Phi) is 5.82. The maximum absolute atomic E-state index is 11.9. The monoisotopic (exact) mass is 428 g/mol. The van der Waals surface area contributed by atoms with Crippen LogP contribution in [0.2, 0.25) is 0 Å². The maximum atomic E-state index is 11.9. The van der Waals surface area contributed by atoms with Crippen LogP contribution in [0.25, 0.3) is 0 Å². The molecule has 7 heteroatoms.